The van der Waals surface area contributed by atoms with Crippen molar-refractivity contribution in [2.45, 2.75) is 38.2 Å². The maximum atomic E-state index is 5.83. The highest BCUT2D eigenvalue weighted by molar-refractivity contribution is 7.98. The van der Waals surface area contributed by atoms with Gasteiger partial charge in [0.15, 0.2) is 11.0 Å². The number of hydrogen-bond donors (Lipinski definition) is 0. The molecule has 0 bridgehead atoms. The van der Waals surface area contributed by atoms with Crippen molar-refractivity contribution >= 4 is 11.8 Å². The Morgan fingerprint density at radius 3 is 2.32 bits per heavy atom. The Hall–Kier alpha value is -2.93. The number of nitrogens with zero attached hydrogens (tertiary/aromatic N) is 5. The van der Waals surface area contributed by atoms with Gasteiger partial charge in [0.25, 0.3) is 0 Å². The van der Waals surface area contributed by atoms with Gasteiger partial charge in [-0.3, -0.25) is 0 Å². The molecule has 2 aromatic carbocycles. The number of rotatable bonds is 6. The van der Waals surface area contributed by atoms with Gasteiger partial charge in [0, 0.05) is 17.7 Å². The minimum absolute atomic E-state index is 0.539. The Labute approximate surface area is 168 Å². The van der Waals surface area contributed by atoms with E-state index in [-0.39, 0.29) is 0 Å². The Bertz CT molecular complexity index is 1100. The van der Waals surface area contributed by atoms with Crippen LogP contribution in [-0.4, -0.2) is 25.0 Å². The molecule has 2 heterocycles. The molecule has 4 rings (SSSR count). The molecule has 0 radical (unpaired) electrons. The summed E-state index contributed by atoms with van der Waals surface area (Å²) >= 11 is 1.55. The average molecular weight is 392 g/mol. The molecule has 2 aromatic heterocycles. The van der Waals surface area contributed by atoms with Crippen LogP contribution in [0.4, 0.5) is 0 Å². The quantitative estimate of drug-likeness (QED) is 0.434. The second kappa shape index (κ2) is 7.98. The maximum Gasteiger partial charge on any atom is 0.247 e. The largest absolute Gasteiger partial charge is 0.420 e. The molecule has 28 heavy (non-hydrogen) atoms. The molecular formula is C21H21N5OS. The van der Waals surface area contributed by atoms with Crippen LogP contribution in [0.15, 0.2) is 58.1 Å². The van der Waals surface area contributed by atoms with Crippen LogP contribution in [0.2, 0.25) is 0 Å². The number of benzene rings is 2. The molecule has 0 spiro atoms. The van der Waals surface area contributed by atoms with E-state index in [1.54, 1.807) is 11.8 Å². The molecule has 0 aliphatic carbocycles. The molecule has 7 heteroatoms. The van der Waals surface area contributed by atoms with Gasteiger partial charge >= 0.3 is 0 Å². The van der Waals surface area contributed by atoms with E-state index < -0.39 is 0 Å². The van der Waals surface area contributed by atoms with Crippen molar-refractivity contribution in [3.8, 4) is 22.8 Å². The van der Waals surface area contributed by atoms with E-state index in [0.717, 1.165) is 34.2 Å². The van der Waals surface area contributed by atoms with E-state index in [9.17, 15) is 0 Å². The minimum Gasteiger partial charge on any atom is -0.420 e. The van der Waals surface area contributed by atoms with Gasteiger partial charge in [-0.2, -0.15) is 0 Å². The summed E-state index contributed by atoms with van der Waals surface area (Å²) in [5.74, 6) is 2.53. The Balaban J connectivity index is 1.51. The van der Waals surface area contributed by atoms with Crippen LogP contribution < -0.4 is 0 Å². The van der Waals surface area contributed by atoms with Gasteiger partial charge in [0.05, 0.1) is 5.75 Å². The molecule has 0 fully saturated rings. The first-order valence-electron chi connectivity index (χ1n) is 9.16. The summed E-state index contributed by atoms with van der Waals surface area (Å²) in [6.45, 7) is 7.00. The fourth-order valence-electron chi connectivity index (χ4n) is 3.01. The number of thioether (sulfide) groups is 1. The molecular weight excluding hydrogens is 370 g/mol. The summed E-state index contributed by atoms with van der Waals surface area (Å²) in [6, 6.07) is 16.3. The number of aryl methyl sites for hydroxylation is 2. The van der Waals surface area contributed by atoms with E-state index in [0.29, 0.717) is 17.5 Å². The lowest BCUT2D eigenvalue weighted by Crippen LogP contribution is -2.00. The molecule has 0 aliphatic heterocycles. The second-order valence-corrected chi connectivity index (χ2v) is 7.52. The fraction of sp³-hybridized carbons (Fsp3) is 0.238. The average Bonchev–Trinajstić information content (AvgIpc) is 3.33. The molecule has 0 amide bonds. The summed E-state index contributed by atoms with van der Waals surface area (Å²) < 4.78 is 7.94. The third-order valence-electron chi connectivity index (χ3n) is 4.37. The smallest absolute Gasteiger partial charge is 0.247 e. The zero-order valence-corrected chi connectivity index (χ0v) is 16.9. The van der Waals surface area contributed by atoms with Gasteiger partial charge in [-0.1, -0.05) is 53.2 Å². The van der Waals surface area contributed by atoms with Crippen molar-refractivity contribution in [2.75, 3.05) is 0 Å². The van der Waals surface area contributed by atoms with Crippen LogP contribution in [-0.2, 0) is 12.3 Å². The monoisotopic (exact) mass is 391 g/mol. The van der Waals surface area contributed by atoms with Crippen molar-refractivity contribution in [3.63, 3.8) is 0 Å². The van der Waals surface area contributed by atoms with Crippen molar-refractivity contribution in [1.29, 1.82) is 0 Å². The van der Waals surface area contributed by atoms with Crippen LogP contribution in [0.3, 0.4) is 0 Å². The Morgan fingerprint density at radius 1 is 0.893 bits per heavy atom. The highest BCUT2D eigenvalue weighted by atomic mass is 32.2. The van der Waals surface area contributed by atoms with Crippen molar-refractivity contribution in [2.24, 2.45) is 0 Å². The minimum atomic E-state index is 0.539. The van der Waals surface area contributed by atoms with Gasteiger partial charge in [0.2, 0.25) is 11.8 Å². The number of hydrogen-bond acceptors (Lipinski definition) is 6. The van der Waals surface area contributed by atoms with Gasteiger partial charge in [-0.05, 0) is 39.0 Å². The SMILES string of the molecule is CCn1c(SCc2nnc(-c3cccc(C)c3)o2)nnc1-c1cccc(C)c1. The van der Waals surface area contributed by atoms with Crippen molar-refractivity contribution in [1.82, 2.24) is 25.0 Å². The molecule has 6 nitrogen and oxygen atoms in total. The van der Waals surface area contributed by atoms with Crippen LogP contribution in [0.25, 0.3) is 22.8 Å². The normalized spacial score (nSPS) is 11.1. The predicted octanol–water partition coefficient (Wildman–Crippen LogP) is 4.92. The topological polar surface area (TPSA) is 69.6 Å². The summed E-state index contributed by atoms with van der Waals surface area (Å²) in [6.07, 6.45) is 0. The van der Waals surface area contributed by atoms with Crippen LogP contribution in [0.5, 0.6) is 0 Å². The molecule has 0 unspecified atom stereocenters. The van der Waals surface area contributed by atoms with Gasteiger partial charge < -0.3 is 8.98 Å². The Morgan fingerprint density at radius 2 is 1.61 bits per heavy atom. The van der Waals surface area contributed by atoms with Crippen molar-refractivity contribution in [3.05, 3.63) is 65.5 Å². The van der Waals surface area contributed by atoms with Crippen LogP contribution in [0, 0.1) is 13.8 Å². The summed E-state index contributed by atoms with van der Waals surface area (Å²) in [7, 11) is 0. The lowest BCUT2D eigenvalue weighted by atomic mass is 10.1. The molecule has 0 saturated heterocycles. The predicted molar refractivity (Wildman–Crippen MR) is 110 cm³/mol. The third kappa shape index (κ3) is 3.84. The van der Waals surface area contributed by atoms with Crippen LogP contribution in [0.1, 0.15) is 23.9 Å². The van der Waals surface area contributed by atoms with Gasteiger partial charge in [-0.25, -0.2) is 0 Å². The molecule has 4 aromatic rings. The first-order chi connectivity index (χ1) is 13.6. The highest BCUT2D eigenvalue weighted by Gasteiger charge is 2.15. The van der Waals surface area contributed by atoms with E-state index in [2.05, 4.69) is 57.0 Å². The molecule has 0 atom stereocenters. The zero-order chi connectivity index (χ0) is 19.5. The highest BCUT2D eigenvalue weighted by Crippen LogP contribution is 2.27. The summed E-state index contributed by atoms with van der Waals surface area (Å²) in [5.41, 5.74) is 4.36. The first kappa shape index (κ1) is 18.4. The lowest BCUT2D eigenvalue weighted by Gasteiger charge is -2.07. The third-order valence-corrected chi connectivity index (χ3v) is 5.32. The fourth-order valence-corrected chi connectivity index (χ4v) is 3.85. The standard InChI is InChI=1S/C21H21N5OS/c1-4-26-19(16-9-5-7-14(2)11-16)23-25-21(26)28-13-18-22-24-20(27-18)17-10-6-8-15(3)12-17/h5-12H,4,13H2,1-3H3. The second-order valence-electron chi connectivity index (χ2n) is 6.58. The summed E-state index contributed by atoms with van der Waals surface area (Å²) in [5, 5.41) is 18.0. The van der Waals surface area contributed by atoms with Gasteiger partial charge in [0.1, 0.15) is 0 Å². The summed E-state index contributed by atoms with van der Waals surface area (Å²) in [4.78, 5) is 0. The van der Waals surface area contributed by atoms with E-state index in [1.165, 1.54) is 5.56 Å². The zero-order valence-electron chi connectivity index (χ0n) is 16.1. The van der Waals surface area contributed by atoms with E-state index in [4.69, 9.17) is 4.42 Å². The van der Waals surface area contributed by atoms with Crippen molar-refractivity contribution < 1.29 is 4.42 Å². The van der Waals surface area contributed by atoms with Gasteiger partial charge in [-0.15, -0.1) is 20.4 Å². The molecule has 0 N–H and O–H groups in total. The van der Waals surface area contributed by atoms with E-state index in [1.807, 2.05) is 37.3 Å². The lowest BCUT2D eigenvalue weighted by molar-refractivity contribution is 0.528. The Kier molecular flexibility index (Phi) is 5.25. The first-order valence-corrected chi connectivity index (χ1v) is 10.1. The van der Waals surface area contributed by atoms with Crippen LogP contribution >= 0.6 is 11.8 Å². The molecule has 0 saturated carbocycles. The maximum absolute atomic E-state index is 5.83. The molecule has 0 aliphatic rings. The van der Waals surface area contributed by atoms with E-state index >= 15 is 0 Å². The molecule has 142 valence electrons. The number of aromatic nitrogens is 5.